The van der Waals surface area contributed by atoms with Crippen LogP contribution in [-0.4, -0.2) is 28.2 Å². The van der Waals surface area contributed by atoms with E-state index in [-0.39, 0.29) is 0 Å². The molecule has 3 aromatic rings. The van der Waals surface area contributed by atoms with Gasteiger partial charge in [-0.2, -0.15) is 0 Å². The molecule has 0 aliphatic carbocycles. The minimum atomic E-state index is 0.320. The molecule has 1 fully saturated rings. The molecule has 0 saturated carbocycles. The maximum absolute atomic E-state index is 6.25. The van der Waals surface area contributed by atoms with E-state index in [1.807, 2.05) is 24.3 Å². The van der Waals surface area contributed by atoms with Crippen LogP contribution in [0.1, 0.15) is 30.2 Å². The smallest absolute Gasteiger partial charge is 0.250 e. The largest absolute Gasteiger partial charge is 0.472 e. The van der Waals surface area contributed by atoms with Gasteiger partial charge in [0.2, 0.25) is 5.89 Å². The van der Waals surface area contributed by atoms with Crippen molar-refractivity contribution in [1.82, 2.24) is 15.1 Å². The minimum absolute atomic E-state index is 0.320. The fourth-order valence-electron chi connectivity index (χ4n) is 3.11. The van der Waals surface area contributed by atoms with E-state index in [2.05, 4.69) is 21.2 Å². The molecule has 0 N–H and O–H groups in total. The van der Waals surface area contributed by atoms with Crippen LogP contribution in [0.3, 0.4) is 0 Å². The van der Waals surface area contributed by atoms with E-state index in [1.54, 1.807) is 12.5 Å². The summed E-state index contributed by atoms with van der Waals surface area (Å²) < 4.78 is 10.9. The van der Waals surface area contributed by atoms with Gasteiger partial charge < -0.3 is 8.83 Å². The number of aromatic nitrogens is 2. The van der Waals surface area contributed by atoms with Crippen LogP contribution in [-0.2, 0) is 6.54 Å². The Bertz CT molecular complexity index is 792. The summed E-state index contributed by atoms with van der Waals surface area (Å²) in [4.78, 5) is 2.42. The van der Waals surface area contributed by atoms with Crippen molar-refractivity contribution >= 4 is 11.6 Å². The van der Waals surface area contributed by atoms with E-state index in [0.717, 1.165) is 49.0 Å². The number of furan rings is 1. The van der Waals surface area contributed by atoms with Crippen LogP contribution in [0.5, 0.6) is 0 Å². The average Bonchev–Trinajstić information content (AvgIpc) is 3.29. The van der Waals surface area contributed by atoms with Crippen molar-refractivity contribution in [3.05, 3.63) is 59.3 Å². The maximum Gasteiger partial charge on any atom is 0.250 e. The van der Waals surface area contributed by atoms with Crippen LogP contribution in [0.2, 0.25) is 5.02 Å². The van der Waals surface area contributed by atoms with Crippen LogP contribution < -0.4 is 0 Å². The molecular weight excluding hydrogens is 326 g/mol. The number of hydrogen-bond acceptors (Lipinski definition) is 5. The van der Waals surface area contributed by atoms with E-state index in [9.17, 15) is 0 Å². The van der Waals surface area contributed by atoms with Crippen molar-refractivity contribution in [3.8, 4) is 11.5 Å². The van der Waals surface area contributed by atoms with Gasteiger partial charge in [0, 0.05) is 17.5 Å². The molecule has 1 aliphatic heterocycles. The maximum atomic E-state index is 6.25. The van der Waals surface area contributed by atoms with Gasteiger partial charge in [-0.15, -0.1) is 10.2 Å². The van der Waals surface area contributed by atoms with Gasteiger partial charge in [0.05, 0.1) is 11.8 Å². The molecule has 6 heteroatoms. The van der Waals surface area contributed by atoms with E-state index in [1.165, 1.54) is 5.56 Å². The molecule has 0 radical (unpaired) electrons. The van der Waals surface area contributed by atoms with Crippen LogP contribution >= 0.6 is 11.6 Å². The lowest BCUT2D eigenvalue weighted by atomic mass is 9.96. The van der Waals surface area contributed by atoms with Crippen LogP contribution in [0.15, 0.2) is 51.7 Å². The van der Waals surface area contributed by atoms with Gasteiger partial charge in [0.15, 0.2) is 0 Å². The van der Waals surface area contributed by atoms with E-state index < -0.39 is 0 Å². The SMILES string of the molecule is Clc1ccccc1CN1CCC(c2nnc(-c3ccoc3)o2)CC1. The average molecular weight is 344 g/mol. The first-order chi connectivity index (χ1) is 11.8. The molecule has 24 heavy (non-hydrogen) atoms. The molecule has 0 unspecified atom stereocenters. The number of nitrogens with zero attached hydrogens (tertiary/aromatic N) is 3. The Labute approximate surface area is 145 Å². The van der Waals surface area contributed by atoms with Gasteiger partial charge in [-0.1, -0.05) is 29.8 Å². The van der Waals surface area contributed by atoms with Crippen LogP contribution in [0.25, 0.3) is 11.5 Å². The number of halogens is 1. The normalized spacial score (nSPS) is 16.5. The summed E-state index contributed by atoms with van der Waals surface area (Å²) in [7, 11) is 0. The molecule has 4 rings (SSSR count). The first-order valence-electron chi connectivity index (χ1n) is 8.11. The minimum Gasteiger partial charge on any atom is -0.472 e. The second-order valence-corrected chi connectivity index (χ2v) is 6.51. The Hall–Kier alpha value is -2.11. The predicted octanol–water partition coefficient (Wildman–Crippen LogP) is 4.36. The van der Waals surface area contributed by atoms with E-state index in [0.29, 0.717) is 11.8 Å². The lowest BCUT2D eigenvalue weighted by Crippen LogP contribution is -2.32. The number of hydrogen-bond donors (Lipinski definition) is 0. The fourth-order valence-corrected chi connectivity index (χ4v) is 3.30. The van der Waals surface area contributed by atoms with E-state index in [4.69, 9.17) is 20.4 Å². The molecule has 0 amide bonds. The molecule has 0 atom stereocenters. The first kappa shape index (κ1) is 15.4. The number of rotatable bonds is 4. The number of likely N-dealkylation sites (tertiary alicyclic amines) is 1. The molecule has 0 bridgehead atoms. The van der Waals surface area contributed by atoms with Crippen molar-refractivity contribution in [2.75, 3.05) is 13.1 Å². The molecule has 0 spiro atoms. The molecular formula is C18H18ClN3O2. The fraction of sp³-hybridized carbons (Fsp3) is 0.333. The summed E-state index contributed by atoms with van der Waals surface area (Å²) in [6.07, 6.45) is 5.24. The monoisotopic (exact) mass is 343 g/mol. The topological polar surface area (TPSA) is 55.3 Å². The molecule has 5 nitrogen and oxygen atoms in total. The third kappa shape index (κ3) is 3.23. The Morgan fingerprint density at radius 1 is 1.12 bits per heavy atom. The van der Waals surface area contributed by atoms with Gasteiger partial charge in [-0.3, -0.25) is 4.90 Å². The van der Waals surface area contributed by atoms with Gasteiger partial charge in [-0.05, 0) is 43.6 Å². The number of benzene rings is 1. The number of piperidine rings is 1. The van der Waals surface area contributed by atoms with Gasteiger partial charge in [0.25, 0.3) is 5.89 Å². The van der Waals surface area contributed by atoms with Crippen LogP contribution in [0, 0.1) is 0 Å². The second kappa shape index (κ2) is 6.79. The lowest BCUT2D eigenvalue weighted by Gasteiger charge is -2.30. The Kier molecular flexibility index (Phi) is 4.36. The van der Waals surface area contributed by atoms with Crippen molar-refractivity contribution < 1.29 is 8.83 Å². The third-order valence-electron chi connectivity index (χ3n) is 4.50. The molecule has 1 aromatic carbocycles. The van der Waals surface area contributed by atoms with Crippen molar-refractivity contribution in [3.63, 3.8) is 0 Å². The van der Waals surface area contributed by atoms with Gasteiger partial charge in [0.1, 0.15) is 6.26 Å². The quantitative estimate of drug-likeness (QED) is 0.704. The summed E-state index contributed by atoms with van der Waals surface area (Å²) in [6.45, 7) is 2.88. The van der Waals surface area contributed by atoms with Gasteiger partial charge in [-0.25, -0.2) is 0 Å². The zero-order valence-electron chi connectivity index (χ0n) is 13.2. The zero-order chi connectivity index (χ0) is 16.4. The van der Waals surface area contributed by atoms with Crippen LogP contribution in [0.4, 0.5) is 0 Å². The highest BCUT2D eigenvalue weighted by Crippen LogP contribution is 2.30. The molecule has 1 aliphatic rings. The molecule has 1 saturated heterocycles. The first-order valence-corrected chi connectivity index (χ1v) is 8.49. The summed E-state index contributed by atoms with van der Waals surface area (Å²) >= 11 is 6.25. The van der Waals surface area contributed by atoms with Crippen molar-refractivity contribution in [2.24, 2.45) is 0 Å². The zero-order valence-corrected chi connectivity index (χ0v) is 13.9. The lowest BCUT2D eigenvalue weighted by molar-refractivity contribution is 0.193. The van der Waals surface area contributed by atoms with Gasteiger partial charge >= 0.3 is 0 Å². The molecule has 2 aromatic heterocycles. The molecule has 124 valence electrons. The predicted molar refractivity (Wildman–Crippen MR) is 90.7 cm³/mol. The Morgan fingerprint density at radius 2 is 1.96 bits per heavy atom. The highest BCUT2D eigenvalue weighted by molar-refractivity contribution is 6.31. The van der Waals surface area contributed by atoms with E-state index >= 15 is 0 Å². The Balaban J connectivity index is 1.37. The highest BCUT2D eigenvalue weighted by Gasteiger charge is 2.25. The summed E-state index contributed by atoms with van der Waals surface area (Å²) in [5, 5.41) is 9.18. The summed E-state index contributed by atoms with van der Waals surface area (Å²) in [6, 6.07) is 9.85. The Morgan fingerprint density at radius 3 is 2.71 bits per heavy atom. The standard InChI is InChI=1S/C18H18ClN3O2/c19-16-4-2-1-3-14(16)11-22-8-5-13(6-9-22)17-20-21-18(24-17)15-7-10-23-12-15/h1-4,7,10,12-13H,5-6,8-9,11H2. The van der Waals surface area contributed by atoms with Crippen molar-refractivity contribution in [1.29, 1.82) is 0 Å². The summed E-state index contributed by atoms with van der Waals surface area (Å²) in [5.41, 5.74) is 2.00. The summed E-state index contributed by atoms with van der Waals surface area (Å²) in [5.74, 6) is 1.57. The van der Waals surface area contributed by atoms with Crippen molar-refractivity contribution in [2.45, 2.75) is 25.3 Å². The highest BCUT2D eigenvalue weighted by atomic mass is 35.5. The molecule has 3 heterocycles. The second-order valence-electron chi connectivity index (χ2n) is 6.10. The third-order valence-corrected chi connectivity index (χ3v) is 4.87.